The van der Waals surface area contributed by atoms with Gasteiger partial charge in [0.05, 0.1) is 5.52 Å². The largest absolute Gasteiger partial charge is 0.398 e. The highest BCUT2D eigenvalue weighted by Gasteiger charge is 2.11. The summed E-state index contributed by atoms with van der Waals surface area (Å²) in [4.78, 5) is 7.03. The summed E-state index contributed by atoms with van der Waals surface area (Å²) in [7, 11) is 0. The second kappa shape index (κ2) is 3.80. The Balaban J connectivity index is 2.26. The number of aromatic nitrogens is 2. The normalized spacial score (nSPS) is 11.0. The number of benzene rings is 2. The van der Waals surface area contributed by atoms with Crippen LogP contribution < -0.4 is 5.73 Å². The molecule has 5 heteroatoms. The Morgan fingerprint density at radius 1 is 1.11 bits per heavy atom. The van der Waals surface area contributed by atoms with E-state index in [0.29, 0.717) is 22.6 Å². The molecule has 1 heterocycles. The van der Waals surface area contributed by atoms with Crippen molar-refractivity contribution in [2.24, 2.45) is 0 Å². The number of nitrogen functional groups attached to an aromatic ring is 1. The van der Waals surface area contributed by atoms with Crippen LogP contribution in [-0.2, 0) is 0 Å². The third-order valence-electron chi connectivity index (χ3n) is 2.73. The molecule has 0 saturated heterocycles. The molecule has 3 N–H and O–H groups in total. The third kappa shape index (κ3) is 1.60. The highest BCUT2D eigenvalue weighted by atomic mass is 19.1. The molecule has 0 amide bonds. The molecular weight excluding hydrogens is 236 g/mol. The number of anilines is 1. The first-order valence-corrected chi connectivity index (χ1v) is 5.35. The van der Waals surface area contributed by atoms with Gasteiger partial charge in [-0.1, -0.05) is 6.07 Å². The monoisotopic (exact) mass is 245 g/mol. The molecule has 90 valence electrons. The first kappa shape index (κ1) is 10.7. The van der Waals surface area contributed by atoms with Gasteiger partial charge in [0.25, 0.3) is 0 Å². The molecule has 0 spiro atoms. The lowest BCUT2D eigenvalue weighted by Crippen LogP contribution is -1.92. The number of nitrogens with zero attached hydrogens (tertiary/aromatic N) is 1. The summed E-state index contributed by atoms with van der Waals surface area (Å²) in [5.74, 6) is -0.489. The lowest BCUT2D eigenvalue weighted by Gasteiger charge is -2.01. The molecule has 3 rings (SSSR count). The first-order chi connectivity index (χ1) is 8.65. The minimum Gasteiger partial charge on any atom is -0.398 e. The van der Waals surface area contributed by atoms with Crippen LogP contribution in [0.15, 0.2) is 36.4 Å². The Morgan fingerprint density at radius 2 is 1.94 bits per heavy atom. The van der Waals surface area contributed by atoms with Crippen molar-refractivity contribution in [3.05, 3.63) is 48.0 Å². The van der Waals surface area contributed by atoms with Crippen LogP contribution in [0.5, 0.6) is 0 Å². The Kier molecular flexibility index (Phi) is 2.26. The number of imidazole rings is 1. The number of hydrogen-bond donors (Lipinski definition) is 2. The van der Waals surface area contributed by atoms with E-state index in [9.17, 15) is 8.78 Å². The predicted molar refractivity (Wildman–Crippen MR) is 65.9 cm³/mol. The van der Waals surface area contributed by atoms with Crippen molar-refractivity contribution in [2.75, 3.05) is 5.73 Å². The SMILES string of the molecule is Nc1ccc(F)cc1-c1nc2c(F)cccc2[nH]1. The summed E-state index contributed by atoms with van der Waals surface area (Å²) >= 11 is 0. The smallest absolute Gasteiger partial charge is 0.151 e. The highest BCUT2D eigenvalue weighted by Crippen LogP contribution is 2.27. The average molecular weight is 245 g/mol. The van der Waals surface area contributed by atoms with Crippen LogP contribution in [0.3, 0.4) is 0 Å². The number of fused-ring (bicyclic) bond motifs is 1. The van der Waals surface area contributed by atoms with Gasteiger partial charge in [-0.05, 0) is 30.3 Å². The van der Waals surface area contributed by atoms with Gasteiger partial charge in [-0.25, -0.2) is 13.8 Å². The number of aromatic amines is 1. The second-order valence-electron chi connectivity index (χ2n) is 3.95. The maximum absolute atomic E-state index is 13.5. The molecule has 0 saturated carbocycles. The molecule has 3 aromatic rings. The number of rotatable bonds is 1. The van der Waals surface area contributed by atoms with Crippen molar-refractivity contribution in [2.45, 2.75) is 0 Å². The number of nitrogens with one attached hydrogen (secondary N) is 1. The van der Waals surface area contributed by atoms with Gasteiger partial charge in [-0.15, -0.1) is 0 Å². The molecule has 0 aliphatic rings. The van der Waals surface area contributed by atoms with Gasteiger partial charge in [0.1, 0.15) is 17.2 Å². The summed E-state index contributed by atoms with van der Waals surface area (Å²) in [5, 5.41) is 0. The summed E-state index contributed by atoms with van der Waals surface area (Å²) in [6, 6.07) is 8.59. The summed E-state index contributed by atoms with van der Waals surface area (Å²) in [6.45, 7) is 0. The van der Waals surface area contributed by atoms with Gasteiger partial charge in [0.15, 0.2) is 5.82 Å². The molecule has 0 aliphatic heterocycles. The standard InChI is InChI=1S/C13H9F2N3/c14-7-4-5-10(16)8(6-7)13-17-11-3-1-2-9(15)12(11)18-13/h1-6H,16H2,(H,17,18). The number of para-hydroxylation sites is 1. The zero-order valence-electron chi connectivity index (χ0n) is 9.24. The Hall–Kier alpha value is -2.43. The molecule has 0 atom stereocenters. The van der Waals surface area contributed by atoms with Crippen molar-refractivity contribution in [1.29, 1.82) is 0 Å². The van der Waals surface area contributed by atoms with Gasteiger partial charge < -0.3 is 10.7 Å². The Morgan fingerprint density at radius 3 is 2.72 bits per heavy atom. The van der Waals surface area contributed by atoms with Crippen LogP contribution >= 0.6 is 0 Å². The Bertz CT molecular complexity index is 734. The van der Waals surface area contributed by atoms with E-state index >= 15 is 0 Å². The minimum atomic E-state index is -0.426. The van der Waals surface area contributed by atoms with Crippen LogP contribution in [0.1, 0.15) is 0 Å². The van der Waals surface area contributed by atoms with E-state index in [1.54, 1.807) is 12.1 Å². The van der Waals surface area contributed by atoms with E-state index in [1.165, 1.54) is 24.3 Å². The quantitative estimate of drug-likeness (QED) is 0.647. The fourth-order valence-corrected chi connectivity index (χ4v) is 1.86. The molecular formula is C13H9F2N3. The molecule has 0 radical (unpaired) electrons. The van der Waals surface area contributed by atoms with E-state index < -0.39 is 11.6 Å². The fourth-order valence-electron chi connectivity index (χ4n) is 1.86. The predicted octanol–water partition coefficient (Wildman–Crippen LogP) is 3.09. The molecule has 0 fully saturated rings. The third-order valence-corrected chi connectivity index (χ3v) is 2.73. The van der Waals surface area contributed by atoms with Crippen molar-refractivity contribution in [3.63, 3.8) is 0 Å². The van der Waals surface area contributed by atoms with E-state index in [2.05, 4.69) is 9.97 Å². The van der Waals surface area contributed by atoms with E-state index in [1.807, 2.05) is 0 Å². The average Bonchev–Trinajstić information content (AvgIpc) is 2.77. The van der Waals surface area contributed by atoms with Gasteiger partial charge in [-0.2, -0.15) is 0 Å². The van der Waals surface area contributed by atoms with Crippen molar-refractivity contribution >= 4 is 16.7 Å². The second-order valence-corrected chi connectivity index (χ2v) is 3.95. The molecule has 2 aromatic carbocycles. The number of nitrogens with two attached hydrogens (primary N) is 1. The van der Waals surface area contributed by atoms with E-state index in [-0.39, 0.29) is 5.52 Å². The topological polar surface area (TPSA) is 54.7 Å². The van der Waals surface area contributed by atoms with Gasteiger partial charge in [0.2, 0.25) is 0 Å². The number of H-pyrrole nitrogens is 1. The molecule has 1 aromatic heterocycles. The van der Waals surface area contributed by atoms with Crippen LogP contribution in [0.25, 0.3) is 22.4 Å². The van der Waals surface area contributed by atoms with Crippen molar-refractivity contribution < 1.29 is 8.78 Å². The molecule has 0 aliphatic carbocycles. The van der Waals surface area contributed by atoms with Gasteiger partial charge in [0, 0.05) is 11.3 Å². The fraction of sp³-hybridized carbons (Fsp3) is 0. The maximum atomic E-state index is 13.5. The number of halogens is 2. The van der Waals surface area contributed by atoms with E-state index in [0.717, 1.165) is 0 Å². The van der Waals surface area contributed by atoms with E-state index in [4.69, 9.17) is 5.73 Å². The van der Waals surface area contributed by atoms with Gasteiger partial charge >= 0.3 is 0 Å². The summed E-state index contributed by atoms with van der Waals surface area (Å²) < 4.78 is 26.7. The van der Waals surface area contributed by atoms with Crippen LogP contribution in [0.2, 0.25) is 0 Å². The van der Waals surface area contributed by atoms with Gasteiger partial charge in [-0.3, -0.25) is 0 Å². The molecule has 0 unspecified atom stereocenters. The minimum absolute atomic E-state index is 0.219. The lowest BCUT2D eigenvalue weighted by atomic mass is 10.1. The zero-order valence-corrected chi connectivity index (χ0v) is 9.24. The maximum Gasteiger partial charge on any atom is 0.151 e. The molecule has 18 heavy (non-hydrogen) atoms. The first-order valence-electron chi connectivity index (χ1n) is 5.35. The summed E-state index contributed by atoms with van der Waals surface area (Å²) in [6.07, 6.45) is 0. The Labute approximate surface area is 101 Å². The summed E-state index contributed by atoms with van der Waals surface area (Å²) in [5.41, 5.74) is 7.34. The van der Waals surface area contributed by atoms with Crippen LogP contribution in [-0.4, -0.2) is 9.97 Å². The molecule has 0 bridgehead atoms. The van der Waals surface area contributed by atoms with Crippen molar-refractivity contribution in [3.8, 4) is 11.4 Å². The van der Waals surface area contributed by atoms with Crippen LogP contribution in [0.4, 0.5) is 14.5 Å². The number of hydrogen-bond acceptors (Lipinski definition) is 2. The molecule has 3 nitrogen and oxygen atoms in total. The highest BCUT2D eigenvalue weighted by molar-refractivity contribution is 5.82. The van der Waals surface area contributed by atoms with Crippen molar-refractivity contribution in [1.82, 2.24) is 9.97 Å². The lowest BCUT2D eigenvalue weighted by molar-refractivity contribution is 0.628. The van der Waals surface area contributed by atoms with Crippen LogP contribution in [0, 0.1) is 11.6 Å². The zero-order chi connectivity index (χ0) is 12.7.